The van der Waals surface area contributed by atoms with Gasteiger partial charge in [-0.3, -0.25) is 9.59 Å². The Morgan fingerprint density at radius 3 is 2.51 bits per heavy atom. The van der Waals surface area contributed by atoms with Crippen LogP contribution in [0, 0.1) is 0 Å². The highest BCUT2D eigenvalue weighted by Gasteiger charge is 2.47. The van der Waals surface area contributed by atoms with Crippen LogP contribution in [0.25, 0.3) is 44.2 Å². The molecule has 3 fully saturated rings. The number of nitrogens with one attached hydrogen (secondary N) is 4. The molecule has 4 aliphatic heterocycles. The van der Waals surface area contributed by atoms with Crippen molar-refractivity contribution >= 4 is 45.8 Å². The minimum absolute atomic E-state index is 0.0233. The summed E-state index contributed by atoms with van der Waals surface area (Å²) in [6, 6.07) is 10.9. The van der Waals surface area contributed by atoms with Crippen LogP contribution in [0.1, 0.15) is 82.2 Å². The first-order chi connectivity index (χ1) is 30.4. The zero-order valence-electron chi connectivity index (χ0n) is 35.9. The number of carbonyl (C=O) groups is 4. The number of alkyl carbamates (subject to hydrolysis) is 2. The Morgan fingerprint density at radius 2 is 1.73 bits per heavy atom. The highest BCUT2D eigenvalue weighted by molar-refractivity contribution is 6.07. The standard InChI is InChI=1S/C45H51FN8O9/c1-21-7-13-34(53(21)42(55)37(22(2)59-4)51-44(57)60-5)41-48-31-12-9-24-16-30-28-11-8-25(15-26(28)20-62-35(30)18-29(24)39(31)50-41)32-19-47-40(49-32)33-14-10-27-17-36(46)63-23(3)38(43(56)54(27)33)52-45(58)61-6/h8-9,11-12,15-16,18-19,21-23,27,33-34,36-38H,7,10,13-14,17,20H2,1-6H3,(H,47,49)(H,48,50)(H,51,57)(H,52,58)/t21-,22+,23+,27+,33-,34-,36?,37-,38-/m0/s1. The summed E-state index contributed by atoms with van der Waals surface area (Å²) in [7, 11) is 3.95. The highest BCUT2D eigenvalue weighted by atomic mass is 19.1. The van der Waals surface area contributed by atoms with Crippen LogP contribution in [0.2, 0.25) is 0 Å². The first-order valence-electron chi connectivity index (χ1n) is 21.3. The second-order valence-corrected chi connectivity index (χ2v) is 16.8. The number of imidazole rings is 2. The van der Waals surface area contributed by atoms with Crippen LogP contribution in [-0.4, -0.2) is 118 Å². The van der Waals surface area contributed by atoms with Crippen molar-refractivity contribution in [3.63, 3.8) is 0 Å². The topological polar surface area (TPSA) is 202 Å². The number of alkyl halides is 1. The van der Waals surface area contributed by atoms with E-state index in [0.717, 1.165) is 61.9 Å². The van der Waals surface area contributed by atoms with Gasteiger partial charge in [0, 0.05) is 36.6 Å². The summed E-state index contributed by atoms with van der Waals surface area (Å²) in [5.74, 6) is 1.31. The summed E-state index contributed by atoms with van der Waals surface area (Å²) >= 11 is 0. The van der Waals surface area contributed by atoms with Gasteiger partial charge in [0.05, 0.1) is 61.4 Å². The fraction of sp³-hybridized carbons (Fsp3) is 0.467. The summed E-state index contributed by atoms with van der Waals surface area (Å²) in [5, 5.41) is 7.07. The number of likely N-dealkylation sites (tertiary alicyclic amines) is 1. The maximum Gasteiger partial charge on any atom is 0.407 e. The molecule has 3 saturated heterocycles. The molecule has 0 bridgehead atoms. The molecule has 4 amide bonds. The Labute approximate surface area is 362 Å². The maximum absolute atomic E-state index is 15.0. The quantitative estimate of drug-likeness (QED) is 0.136. The highest BCUT2D eigenvalue weighted by Crippen LogP contribution is 2.44. The first kappa shape index (κ1) is 42.1. The number of rotatable bonds is 8. The van der Waals surface area contributed by atoms with Crippen molar-refractivity contribution in [2.75, 3.05) is 21.3 Å². The third-order valence-corrected chi connectivity index (χ3v) is 13.2. The van der Waals surface area contributed by atoms with E-state index in [4.69, 9.17) is 33.7 Å². The van der Waals surface area contributed by atoms with Gasteiger partial charge in [0.15, 0.2) is 0 Å². The van der Waals surface area contributed by atoms with Crippen molar-refractivity contribution in [3.8, 4) is 28.1 Å². The second-order valence-electron chi connectivity index (χ2n) is 16.8. The second kappa shape index (κ2) is 16.8. The number of fused-ring (bicyclic) bond motifs is 7. The number of nitrogens with zero attached hydrogens (tertiary/aromatic N) is 4. The number of aromatic nitrogens is 4. The van der Waals surface area contributed by atoms with E-state index >= 15 is 0 Å². The molecular formula is C45H51FN8O9. The number of methoxy groups -OCH3 is 3. The molecule has 63 heavy (non-hydrogen) atoms. The fourth-order valence-electron chi connectivity index (χ4n) is 9.79. The predicted molar refractivity (Wildman–Crippen MR) is 227 cm³/mol. The van der Waals surface area contributed by atoms with Gasteiger partial charge in [-0.2, -0.15) is 0 Å². The largest absolute Gasteiger partial charge is 0.488 e. The molecule has 4 N–H and O–H groups in total. The van der Waals surface area contributed by atoms with E-state index in [2.05, 4.69) is 38.8 Å². The number of hydrogen-bond acceptors (Lipinski definition) is 11. The molecule has 9 rings (SSSR count). The Hall–Kier alpha value is -6.27. The minimum atomic E-state index is -1.60. The molecule has 2 aromatic heterocycles. The van der Waals surface area contributed by atoms with E-state index in [1.807, 2.05) is 31.2 Å². The molecule has 6 heterocycles. The number of halogens is 1. The van der Waals surface area contributed by atoms with Gasteiger partial charge in [-0.15, -0.1) is 0 Å². The van der Waals surface area contributed by atoms with Crippen molar-refractivity contribution in [3.05, 3.63) is 65.9 Å². The predicted octanol–water partition coefficient (Wildman–Crippen LogP) is 6.34. The maximum atomic E-state index is 15.0. The summed E-state index contributed by atoms with van der Waals surface area (Å²) in [6.45, 7) is 5.61. The van der Waals surface area contributed by atoms with Gasteiger partial charge in [0.2, 0.25) is 18.2 Å². The third-order valence-electron chi connectivity index (χ3n) is 13.2. The Balaban J connectivity index is 0.971. The van der Waals surface area contributed by atoms with Crippen LogP contribution < -0.4 is 15.4 Å². The van der Waals surface area contributed by atoms with Gasteiger partial charge in [0.1, 0.15) is 36.1 Å². The molecule has 332 valence electrons. The van der Waals surface area contributed by atoms with Crippen LogP contribution in [-0.2, 0) is 35.1 Å². The van der Waals surface area contributed by atoms with E-state index in [9.17, 15) is 23.6 Å². The number of H-pyrrole nitrogens is 2. The molecule has 1 unspecified atom stereocenters. The molecule has 9 atom stereocenters. The van der Waals surface area contributed by atoms with Gasteiger partial charge in [-0.1, -0.05) is 18.2 Å². The lowest BCUT2D eigenvalue weighted by Crippen LogP contribution is -2.58. The number of benzene rings is 3. The lowest BCUT2D eigenvalue weighted by Gasteiger charge is -2.38. The van der Waals surface area contributed by atoms with Crippen molar-refractivity contribution in [1.82, 2.24) is 40.4 Å². The van der Waals surface area contributed by atoms with Crippen LogP contribution >= 0.6 is 0 Å². The average Bonchev–Trinajstić information content (AvgIpc) is 4.11. The molecule has 0 aliphatic carbocycles. The average molecular weight is 867 g/mol. The number of amides is 4. The molecule has 5 aromatic rings. The van der Waals surface area contributed by atoms with E-state index in [1.54, 1.807) is 29.8 Å². The van der Waals surface area contributed by atoms with E-state index < -0.39 is 54.9 Å². The molecule has 4 aliphatic rings. The van der Waals surface area contributed by atoms with Crippen LogP contribution in [0.15, 0.2) is 48.7 Å². The normalized spacial score (nSPS) is 25.3. The summed E-state index contributed by atoms with van der Waals surface area (Å²) in [6.07, 6.45) is -0.297. The summed E-state index contributed by atoms with van der Waals surface area (Å²) in [5.41, 5.74) is 6.19. The van der Waals surface area contributed by atoms with Crippen molar-refractivity contribution in [1.29, 1.82) is 0 Å². The summed E-state index contributed by atoms with van der Waals surface area (Å²) in [4.78, 5) is 72.5. The summed E-state index contributed by atoms with van der Waals surface area (Å²) < 4.78 is 41.9. The van der Waals surface area contributed by atoms with Gasteiger partial charge in [-0.25, -0.2) is 23.9 Å². The van der Waals surface area contributed by atoms with Crippen molar-refractivity contribution in [2.45, 2.75) is 114 Å². The minimum Gasteiger partial charge on any atom is -0.488 e. The number of carbonyl (C=O) groups excluding carboxylic acids is 4. The number of hydrogen-bond donors (Lipinski definition) is 4. The van der Waals surface area contributed by atoms with Gasteiger partial charge < -0.3 is 54.1 Å². The van der Waals surface area contributed by atoms with Crippen molar-refractivity contribution in [2.24, 2.45) is 0 Å². The van der Waals surface area contributed by atoms with Gasteiger partial charge in [0.25, 0.3) is 0 Å². The first-order valence-corrected chi connectivity index (χ1v) is 21.3. The molecule has 0 radical (unpaired) electrons. The molecule has 3 aromatic carbocycles. The SMILES string of the molecule is COC(=O)N[C@@H]1C(=O)N2[C@H](CC[C@H]2c2ncc(-c3ccc4c(c3)COc3cc5c(ccc6[nH]c([C@@H]7CC[C@H](C)N7C(=O)[C@@H](NC(=O)OC)[C@@H](C)OC)nc65)cc3-4)[nH]2)CC(F)O[C@@H]1C. The Bertz CT molecular complexity index is 2600. The lowest BCUT2D eigenvalue weighted by atomic mass is 9.92. The van der Waals surface area contributed by atoms with Crippen LogP contribution in [0.4, 0.5) is 14.0 Å². The Kier molecular flexibility index (Phi) is 11.2. The number of ether oxygens (including phenoxy) is 5. The number of aromatic amines is 2. The smallest absolute Gasteiger partial charge is 0.407 e. The molecule has 0 saturated carbocycles. The zero-order valence-corrected chi connectivity index (χ0v) is 35.9. The fourth-order valence-corrected chi connectivity index (χ4v) is 9.79. The lowest BCUT2D eigenvalue weighted by molar-refractivity contribution is -0.157. The van der Waals surface area contributed by atoms with Gasteiger partial charge >= 0.3 is 12.2 Å². The van der Waals surface area contributed by atoms with Crippen molar-refractivity contribution < 1.29 is 47.3 Å². The zero-order chi connectivity index (χ0) is 44.3. The van der Waals surface area contributed by atoms with Crippen LogP contribution in [0.3, 0.4) is 0 Å². The Morgan fingerprint density at radius 1 is 0.937 bits per heavy atom. The van der Waals surface area contributed by atoms with E-state index in [1.165, 1.54) is 21.3 Å². The van der Waals surface area contributed by atoms with E-state index in [-0.39, 0.29) is 30.3 Å². The van der Waals surface area contributed by atoms with E-state index in [0.29, 0.717) is 37.5 Å². The molecule has 18 heteroatoms. The monoisotopic (exact) mass is 866 g/mol. The molecule has 0 spiro atoms. The molecule has 17 nitrogen and oxygen atoms in total. The molecular weight excluding hydrogens is 816 g/mol. The van der Waals surface area contributed by atoms with Gasteiger partial charge in [-0.05, 0) is 92.8 Å². The third kappa shape index (κ3) is 7.58. The van der Waals surface area contributed by atoms with Crippen LogP contribution in [0.5, 0.6) is 5.75 Å².